The molecule has 66 valence electrons. The molecular weight excluding hydrogens is 138 g/mol. The molecule has 1 atom stereocenters. The number of rotatable bonds is 4. The van der Waals surface area contributed by atoms with Crippen LogP contribution in [0.1, 0.15) is 33.6 Å². The second kappa shape index (κ2) is 6.01. The molecule has 0 aliphatic carbocycles. The molecule has 0 fully saturated rings. The van der Waals surface area contributed by atoms with E-state index in [4.69, 9.17) is 5.73 Å². The quantitative estimate of drug-likeness (QED) is 0.474. The van der Waals surface area contributed by atoms with E-state index >= 15 is 0 Å². The molecule has 0 aliphatic rings. The second-order valence-electron chi connectivity index (χ2n) is 2.72. The summed E-state index contributed by atoms with van der Waals surface area (Å²) in [5.41, 5.74) is 5.58. The highest BCUT2D eigenvalue weighted by Crippen LogP contribution is 1.86. The van der Waals surface area contributed by atoms with E-state index in [-0.39, 0.29) is 0 Å². The van der Waals surface area contributed by atoms with Gasteiger partial charge in [0.1, 0.15) is 0 Å². The predicted octanol–water partition coefficient (Wildman–Crippen LogP) is 1.10. The number of guanidine groups is 1. The van der Waals surface area contributed by atoms with Crippen LogP contribution in [0.5, 0.6) is 0 Å². The summed E-state index contributed by atoms with van der Waals surface area (Å²) in [6.45, 7) is 7.11. The maximum Gasteiger partial charge on any atom is 0.188 e. The highest BCUT2D eigenvalue weighted by molar-refractivity contribution is 5.78. The zero-order valence-corrected chi connectivity index (χ0v) is 7.72. The van der Waals surface area contributed by atoms with E-state index in [1.165, 1.54) is 0 Å². The van der Waals surface area contributed by atoms with Crippen molar-refractivity contribution in [1.82, 2.24) is 5.32 Å². The van der Waals surface area contributed by atoms with Crippen molar-refractivity contribution in [3.63, 3.8) is 0 Å². The van der Waals surface area contributed by atoms with Gasteiger partial charge in [0.2, 0.25) is 0 Å². The third-order valence-corrected chi connectivity index (χ3v) is 1.51. The summed E-state index contributed by atoms with van der Waals surface area (Å²) in [6.07, 6.45) is 2.12. The first-order valence-corrected chi connectivity index (χ1v) is 4.27. The molecule has 0 aromatic rings. The lowest BCUT2D eigenvalue weighted by molar-refractivity contribution is 0.636. The van der Waals surface area contributed by atoms with E-state index in [0.717, 1.165) is 19.4 Å². The van der Waals surface area contributed by atoms with Gasteiger partial charge in [-0.05, 0) is 19.8 Å². The fraction of sp³-hybridized carbons (Fsp3) is 0.875. The van der Waals surface area contributed by atoms with Gasteiger partial charge in [-0.15, -0.1) is 0 Å². The monoisotopic (exact) mass is 157 g/mol. The molecule has 0 aromatic heterocycles. The molecule has 3 N–H and O–H groups in total. The Labute approximate surface area is 69.1 Å². The summed E-state index contributed by atoms with van der Waals surface area (Å²) in [4.78, 5) is 4.11. The van der Waals surface area contributed by atoms with Gasteiger partial charge in [0, 0.05) is 12.6 Å². The molecule has 0 rings (SSSR count). The van der Waals surface area contributed by atoms with Crippen LogP contribution in [0.4, 0.5) is 0 Å². The molecule has 3 nitrogen and oxygen atoms in total. The molecule has 0 heterocycles. The molecule has 0 spiro atoms. The van der Waals surface area contributed by atoms with Crippen LogP contribution in [0.25, 0.3) is 0 Å². The number of nitrogens with one attached hydrogen (secondary N) is 1. The molecule has 0 saturated heterocycles. The van der Waals surface area contributed by atoms with E-state index in [1.54, 1.807) is 0 Å². The lowest BCUT2D eigenvalue weighted by Crippen LogP contribution is -2.38. The van der Waals surface area contributed by atoms with E-state index in [0.29, 0.717) is 12.0 Å². The Morgan fingerprint density at radius 1 is 1.55 bits per heavy atom. The van der Waals surface area contributed by atoms with Crippen molar-refractivity contribution in [2.75, 3.05) is 6.54 Å². The lowest BCUT2D eigenvalue weighted by atomic mass is 10.3. The van der Waals surface area contributed by atoms with Crippen LogP contribution < -0.4 is 11.1 Å². The van der Waals surface area contributed by atoms with Crippen molar-refractivity contribution in [2.24, 2.45) is 10.7 Å². The van der Waals surface area contributed by atoms with Gasteiger partial charge >= 0.3 is 0 Å². The van der Waals surface area contributed by atoms with Crippen LogP contribution >= 0.6 is 0 Å². The minimum atomic E-state index is 0.426. The van der Waals surface area contributed by atoms with Gasteiger partial charge in [-0.1, -0.05) is 13.8 Å². The molecule has 0 radical (unpaired) electrons. The third-order valence-electron chi connectivity index (χ3n) is 1.51. The Morgan fingerprint density at radius 2 is 2.18 bits per heavy atom. The minimum Gasteiger partial charge on any atom is -0.370 e. The highest BCUT2D eigenvalue weighted by Gasteiger charge is 1.96. The molecule has 11 heavy (non-hydrogen) atoms. The van der Waals surface area contributed by atoms with Gasteiger partial charge in [0.05, 0.1) is 0 Å². The topological polar surface area (TPSA) is 50.4 Å². The summed E-state index contributed by atoms with van der Waals surface area (Å²) in [6, 6.07) is 0.426. The van der Waals surface area contributed by atoms with Crippen LogP contribution in [0, 0.1) is 0 Å². The standard InChI is InChI=1S/C8H19N3/c1-4-6-10-8(9)11-7(3)5-2/h7H,4-6H2,1-3H3,(H3,9,10,11). The molecule has 0 aliphatic heterocycles. The lowest BCUT2D eigenvalue weighted by Gasteiger charge is -2.11. The van der Waals surface area contributed by atoms with Crippen molar-refractivity contribution in [3.8, 4) is 0 Å². The highest BCUT2D eigenvalue weighted by atomic mass is 15.1. The van der Waals surface area contributed by atoms with Crippen molar-refractivity contribution in [2.45, 2.75) is 39.7 Å². The third kappa shape index (κ3) is 5.70. The number of hydrogen-bond donors (Lipinski definition) is 2. The van der Waals surface area contributed by atoms with Crippen LogP contribution in [-0.2, 0) is 0 Å². The first-order valence-electron chi connectivity index (χ1n) is 4.27. The molecule has 0 amide bonds. The Balaban J connectivity index is 3.57. The van der Waals surface area contributed by atoms with Gasteiger partial charge in [0.15, 0.2) is 5.96 Å². The Bertz CT molecular complexity index is 121. The van der Waals surface area contributed by atoms with Gasteiger partial charge in [-0.25, -0.2) is 0 Å². The maximum atomic E-state index is 5.58. The average molecular weight is 157 g/mol. The Kier molecular flexibility index (Phi) is 5.61. The first-order chi connectivity index (χ1) is 5.20. The molecule has 3 heteroatoms. The number of aliphatic imine (C=N–C) groups is 1. The number of hydrogen-bond acceptors (Lipinski definition) is 1. The van der Waals surface area contributed by atoms with Crippen molar-refractivity contribution < 1.29 is 0 Å². The normalized spacial score (nSPS) is 14.6. The Hall–Kier alpha value is -0.730. The summed E-state index contributed by atoms with van der Waals surface area (Å²) >= 11 is 0. The zero-order chi connectivity index (χ0) is 8.69. The molecule has 1 unspecified atom stereocenters. The van der Waals surface area contributed by atoms with E-state index < -0.39 is 0 Å². The first kappa shape index (κ1) is 10.3. The van der Waals surface area contributed by atoms with E-state index in [2.05, 4.69) is 31.1 Å². The van der Waals surface area contributed by atoms with Crippen LogP contribution in [-0.4, -0.2) is 18.5 Å². The fourth-order valence-electron chi connectivity index (χ4n) is 0.632. The van der Waals surface area contributed by atoms with Crippen molar-refractivity contribution >= 4 is 5.96 Å². The maximum absolute atomic E-state index is 5.58. The summed E-state index contributed by atoms with van der Waals surface area (Å²) in [7, 11) is 0. The van der Waals surface area contributed by atoms with Gasteiger partial charge in [-0.2, -0.15) is 0 Å². The van der Waals surface area contributed by atoms with Crippen molar-refractivity contribution in [1.29, 1.82) is 0 Å². The smallest absolute Gasteiger partial charge is 0.188 e. The average Bonchev–Trinajstić information content (AvgIpc) is 2.00. The van der Waals surface area contributed by atoms with Gasteiger partial charge < -0.3 is 11.1 Å². The molecular formula is C8H19N3. The SMILES string of the molecule is CCCN=C(N)NC(C)CC. The van der Waals surface area contributed by atoms with Gasteiger partial charge in [0.25, 0.3) is 0 Å². The van der Waals surface area contributed by atoms with Crippen LogP contribution in [0.3, 0.4) is 0 Å². The fourth-order valence-corrected chi connectivity index (χ4v) is 0.632. The minimum absolute atomic E-state index is 0.426. The summed E-state index contributed by atoms with van der Waals surface area (Å²) in [5.74, 6) is 0.571. The van der Waals surface area contributed by atoms with Gasteiger partial charge in [-0.3, -0.25) is 4.99 Å². The second-order valence-corrected chi connectivity index (χ2v) is 2.72. The summed E-state index contributed by atoms with van der Waals surface area (Å²) in [5, 5.41) is 3.09. The molecule has 0 aromatic carbocycles. The van der Waals surface area contributed by atoms with Crippen LogP contribution in [0.15, 0.2) is 4.99 Å². The molecule has 0 saturated carbocycles. The van der Waals surface area contributed by atoms with Crippen molar-refractivity contribution in [3.05, 3.63) is 0 Å². The molecule has 0 bridgehead atoms. The van der Waals surface area contributed by atoms with E-state index in [9.17, 15) is 0 Å². The zero-order valence-electron chi connectivity index (χ0n) is 7.72. The van der Waals surface area contributed by atoms with Crippen LogP contribution in [0.2, 0.25) is 0 Å². The van der Waals surface area contributed by atoms with E-state index in [1.807, 2.05) is 0 Å². The largest absolute Gasteiger partial charge is 0.370 e. The number of nitrogens with zero attached hydrogens (tertiary/aromatic N) is 1. The Morgan fingerprint density at radius 3 is 2.64 bits per heavy atom. The number of nitrogens with two attached hydrogens (primary N) is 1. The predicted molar refractivity (Wildman–Crippen MR) is 49.7 cm³/mol. The summed E-state index contributed by atoms with van der Waals surface area (Å²) < 4.78 is 0.